The average Bonchev–Trinajstić information content (AvgIpc) is 3.45. The molecule has 5 rings (SSSR count). The zero-order chi connectivity index (χ0) is 18.2. The van der Waals surface area contributed by atoms with Crippen LogP contribution in [0, 0.1) is 0 Å². The average molecular weight is 395 g/mol. The Hall–Kier alpha value is -2.90. The maximum absolute atomic E-state index is 12.5. The number of ether oxygens (including phenoxy) is 2. The predicted molar refractivity (Wildman–Crippen MR) is 103 cm³/mol. The Balaban J connectivity index is 1.31. The first-order valence-corrected chi connectivity index (χ1v) is 9.98. The number of carbonyl (C=O) groups is 1. The van der Waals surface area contributed by atoms with Crippen molar-refractivity contribution in [2.24, 2.45) is 0 Å². The maximum Gasteiger partial charge on any atom is 0.348 e. The van der Waals surface area contributed by atoms with Crippen LogP contribution in [-0.4, -0.2) is 11.0 Å². The molecule has 0 atom stereocenters. The van der Waals surface area contributed by atoms with Crippen LogP contribution in [0.5, 0.6) is 5.75 Å². The van der Waals surface area contributed by atoms with Gasteiger partial charge in [-0.25, -0.2) is 9.78 Å². The standard InChI is InChI=1S/C20H13NO4S2/c22-20(25-11-13-10-24-19(21-13)16-6-3-7-26-16)17-8-12-9-23-15-5-2-1-4-14(15)18(12)27-17/h1-8,10H,9,11H2. The van der Waals surface area contributed by atoms with Gasteiger partial charge in [-0.15, -0.1) is 22.7 Å². The number of para-hydroxylation sites is 1. The van der Waals surface area contributed by atoms with Gasteiger partial charge in [0.1, 0.15) is 35.8 Å². The van der Waals surface area contributed by atoms with Crippen molar-refractivity contribution >= 4 is 28.6 Å². The van der Waals surface area contributed by atoms with Gasteiger partial charge in [-0.05, 0) is 29.6 Å². The van der Waals surface area contributed by atoms with Crippen LogP contribution in [-0.2, 0) is 18.0 Å². The lowest BCUT2D eigenvalue weighted by molar-refractivity contribution is 0.0473. The van der Waals surface area contributed by atoms with E-state index in [9.17, 15) is 4.79 Å². The number of esters is 1. The van der Waals surface area contributed by atoms with Gasteiger partial charge in [-0.1, -0.05) is 18.2 Å². The summed E-state index contributed by atoms with van der Waals surface area (Å²) < 4.78 is 16.6. The van der Waals surface area contributed by atoms with E-state index < -0.39 is 0 Å². The summed E-state index contributed by atoms with van der Waals surface area (Å²) in [6.45, 7) is 0.535. The minimum absolute atomic E-state index is 0.0728. The number of nitrogens with zero attached hydrogens (tertiary/aromatic N) is 1. The topological polar surface area (TPSA) is 61.6 Å². The number of oxazole rings is 1. The lowest BCUT2D eigenvalue weighted by Gasteiger charge is -2.16. The highest BCUT2D eigenvalue weighted by Gasteiger charge is 2.23. The van der Waals surface area contributed by atoms with E-state index in [0.717, 1.165) is 26.6 Å². The summed E-state index contributed by atoms with van der Waals surface area (Å²) in [5.74, 6) is 1.01. The second kappa shape index (κ2) is 6.68. The van der Waals surface area contributed by atoms with Crippen molar-refractivity contribution in [1.82, 2.24) is 4.98 Å². The van der Waals surface area contributed by atoms with Gasteiger partial charge in [-0.2, -0.15) is 0 Å². The minimum Gasteiger partial charge on any atom is -0.488 e. The first kappa shape index (κ1) is 16.3. The van der Waals surface area contributed by atoms with Crippen molar-refractivity contribution < 1.29 is 18.7 Å². The van der Waals surface area contributed by atoms with Gasteiger partial charge < -0.3 is 13.9 Å². The van der Waals surface area contributed by atoms with Crippen LogP contribution in [0.15, 0.2) is 58.5 Å². The van der Waals surface area contributed by atoms with E-state index in [1.165, 1.54) is 17.6 Å². The summed E-state index contributed by atoms with van der Waals surface area (Å²) in [6.07, 6.45) is 1.52. The molecule has 3 aromatic heterocycles. The Morgan fingerprint density at radius 1 is 1.22 bits per heavy atom. The molecule has 27 heavy (non-hydrogen) atoms. The summed E-state index contributed by atoms with van der Waals surface area (Å²) in [6, 6.07) is 13.6. The third-order valence-electron chi connectivity index (χ3n) is 4.16. The molecule has 5 nitrogen and oxygen atoms in total. The summed E-state index contributed by atoms with van der Waals surface area (Å²) in [4.78, 5) is 19.4. The Morgan fingerprint density at radius 2 is 2.15 bits per heavy atom. The van der Waals surface area contributed by atoms with Crippen LogP contribution in [0.4, 0.5) is 0 Å². The summed E-state index contributed by atoms with van der Waals surface area (Å²) in [5.41, 5.74) is 2.61. The third-order valence-corrected chi connectivity index (χ3v) is 6.21. The van der Waals surface area contributed by atoms with E-state index in [0.29, 0.717) is 23.1 Å². The van der Waals surface area contributed by atoms with Crippen LogP contribution in [0.25, 0.3) is 21.2 Å². The van der Waals surface area contributed by atoms with Gasteiger partial charge >= 0.3 is 5.97 Å². The van der Waals surface area contributed by atoms with Crippen molar-refractivity contribution in [3.8, 4) is 27.0 Å². The van der Waals surface area contributed by atoms with Gasteiger partial charge in [-0.3, -0.25) is 0 Å². The molecule has 0 saturated heterocycles. The number of carbonyl (C=O) groups excluding carboxylic acids is 1. The molecule has 0 fully saturated rings. The molecule has 0 aliphatic carbocycles. The van der Waals surface area contributed by atoms with Crippen molar-refractivity contribution in [3.05, 3.63) is 70.2 Å². The number of aromatic nitrogens is 1. The molecule has 0 bridgehead atoms. The van der Waals surface area contributed by atoms with E-state index >= 15 is 0 Å². The van der Waals surface area contributed by atoms with Crippen molar-refractivity contribution in [1.29, 1.82) is 0 Å². The Morgan fingerprint density at radius 3 is 3.04 bits per heavy atom. The van der Waals surface area contributed by atoms with Gasteiger partial charge in [0.2, 0.25) is 5.89 Å². The molecule has 1 aromatic carbocycles. The van der Waals surface area contributed by atoms with Gasteiger partial charge in [0.15, 0.2) is 0 Å². The van der Waals surface area contributed by atoms with Crippen LogP contribution in [0.1, 0.15) is 20.9 Å². The molecule has 0 spiro atoms. The quantitative estimate of drug-likeness (QED) is 0.434. The van der Waals surface area contributed by atoms with Crippen molar-refractivity contribution in [2.45, 2.75) is 13.2 Å². The number of benzene rings is 1. The zero-order valence-electron chi connectivity index (χ0n) is 14.0. The van der Waals surface area contributed by atoms with E-state index in [4.69, 9.17) is 13.9 Å². The van der Waals surface area contributed by atoms with Gasteiger partial charge in [0.25, 0.3) is 0 Å². The van der Waals surface area contributed by atoms with Crippen LogP contribution >= 0.6 is 22.7 Å². The predicted octanol–water partition coefficient (Wildman–Crippen LogP) is 5.38. The largest absolute Gasteiger partial charge is 0.488 e. The third kappa shape index (κ3) is 3.05. The molecule has 0 saturated carbocycles. The highest BCUT2D eigenvalue weighted by molar-refractivity contribution is 7.17. The molecule has 1 aliphatic rings. The first-order valence-electron chi connectivity index (χ1n) is 8.28. The Kier molecular flexibility index (Phi) is 4.03. The molecule has 0 N–H and O–H groups in total. The number of hydrogen-bond acceptors (Lipinski definition) is 7. The molecule has 1 aliphatic heterocycles. The number of hydrogen-bond donors (Lipinski definition) is 0. The van der Waals surface area contributed by atoms with E-state index in [2.05, 4.69) is 4.98 Å². The second-order valence-corrected chi connectivity index (χ2v) is 7.95. The second-order valence-electron chi connectivity index (χ2n) is 5.95. The smallest absolute Gasteiger partial charge is 0.348 e. The Labute approximate surface area is 162 Å². The monoisotopic (exact) mass is 395 g/mol. The fraction of sp³-hybridized carbons (Fsp3) is 0.100. The molecular formula is C20H13NO4S2. The molecule has 0 unspecified atom stereocenters. The van der Waals surface area contributed by atoms with Crippen molar-refractivity contribution in [3.63, 3.8) is 0 Å². The zero-order valence-corrected chi connectivity index (χ0v) is 15.6. The number of rotatable bonds is 4. The maximum atomic E-state index is 12.5. The van der Waals surface area contributed by atoms with Crippen LogP contribution < -0.4 is 4.74 Å². The SMILES string of the molecule is O=C(OCc1coc(-c2cccs2)n1)c1cc2c(s1)-c1ccccc1OC2. The van der Waals surface area contributed by atoms with Gasteiger partial charge in [0, 0.05) is 16.0 Å². The fourth-order valence-electron chi connectivity index (χ4n) is 2.90. The van der Waals surface area contributed by atoms with E-state index in [1.54, 1.807) is 11.3 Å². The molecule has 0 amide bonds. The lowest BCUT2D eigenvalue weighted by Crippen LogP contribution is -2.04. The molecular weight excluding hydrogens is 382 g/mol. The summed E-state index contributed by atoms with van der Waals surface area (Å²) in [7, 11) is 0. The number of fused-ring (bicyclic) bond motifs is 3. The van der Waals surface area contributed by atoms with E-state index in [1.807, 2.05) is 47.8 Å². The first-order chi connectivity index (χ1) is 13.3. The molecule has 0 radical (unpaired) electrons. The van der Waals surface area contributed by atoms with Crippen LogP contribution in [0.3, 0.4) is 0 Å². The molecule has 4 aromatic rings. The van der Waals surface area contributed by atoms with Crippen molar-refractivity contribution in [2.75, 3.05) is 0 Å². The normalized spacial score (nSPS) is 12.1. The molecule has 7 heteroatoms. The molecule has 4 heterocycles. The van der Waals surface area contributed by atoms with E-state index in [-0.39, 0.29) is 12.6 Å². The van der Waals surface area contributed by atoms with Crippen LogP contribution in [0.2, 0.25) is 0 Å². The fourth-order valence-corrected chi connectivity index (χ4v) is 4.64. The summed E-state index contributed by atoms with van der Waals surface area (Å²) >= 11 is 2.97. The molecule has 134 valence electrons. The summed E-state index contributed by atoms with van der Waals surface area (Å²) in [5, 5.41) is 1.96. The highest BCUT2D eigenvalue weighted by Crippen LogP contribution is 2.42. The lowest BCUT2D eigenvalue weighted by atomic mass is 10.1. The Bertz CT molecular complexity index is 1110. The number of thiophene rings is 2. The van der Waals surface area contributed by atoms with Gasteiger partial charge in [0.05, 0.1) is 4.88 Å². The highest BCUT2D eigenvalue weighted by atomic mass is 32.1. The minimum atomic E-state index is -0.368.